The van der Waals surface area contributed by atoms with Crippen molar-refractivity contribution in [1.29, 1.82) is 0 Å². The van der Waals surface area contributed by atoms with Crippen LogP contribution in [0.4, 0.5) is 11.5 Å². The monoisotopic (exact) mass is 381 g/mol. The molecule has 2 aromatic rings. The van der Waals surface area contributed by atoms with E-state index in [0.29, 0.717) is 29.9 Å². The van der Waals surface area contributed by atoms with Gasteiger partial charge in [0.1, 0.15) is 5.82 Å². The van der Waals surface area contributed by atoms with Gasteiger partial charge < -0.3 is 21.7 Å². The molecular formula is C20H23N5O3. The van der Waals surface area contributed by atoms with E-state index in [2.05, 4.69) is 10.3 Å². The summed E-state index contributed by atoms with van der Waals surface area (Å²) in [4.78, 5) is 42.6. The van der Waals surface area contributed by atoms with E-state index in [4.69, 9.17) is 11.5 Å². The Morgan fingerprint density at radius 3 is 2.54 bits per heavy atom. The van der Waals surface area contributed by atoms with Crippen molar-refractivity contribution in [1.82, 2.24) is 9.88 Å². The number of pyridine rings is 1. The number of anilines is 2. The van der Waals surface area contributed by atoms with E-state index < -0.39 is 23.6 Å². The van der Waals surface area contributed by atoms with Crippen LogP contribution in [-0.4, -0.2) is 34.2 Å². The number of benzene rings is 1. The average Bonchev–Trinajstić information content (AvgIpc) is 2.70. The molecular weight excluding hydrogens is 358 g/mol. The Balaban J connectivity index is 1.82. The van der Waals surface area contributed by atoms with Gasteiger partial charge in [-0.05, 0) is 37.0 Å². The van der Waals surface area contributed by atoms with Gasteiger partial charge in [0, 0.05) is 6.54 Å². The van der Waals surface area contributed by atoms with E-state index in [0.717, 1.165) is 5.56 Å². The molecule has 1 unspecified atom stereocenters. The van der Waals surface area contributed by atoms with E-state index in [1.54, 1.807) is 13.0 Å². The van der Waals surface area contributed by atoms with Crippen LogP contribution in [0, 0.1) is 12.8 Å². The van der Waals surface area contributed by atoms with Gasteiger partial charge in [-0.15, -0.1) is 0 Å². The van der Waals surface area contributed by atoms with E-state index in [9.17, 15) is 14.4 Å². The second-order valence-corrected chi connectivity index (χ2v) is 6.94. The van der Waals surface area contributed by atoms with E-state index in [1.807, 2.05) is 30.3 Å². The average molecular weight is 381 g/mol. The van der Waals surface area contributed by atoms with Crippen LogP contribution in [0.2, 0.25) is 0 Å². The normalized spacial score (nSPS) is 19.1. The highest BCUT2D eigenvalue weighted by atomic mass is 16.2. The molecule has 2 atom stereocenters. The Morgan fingerprint density at radius 2 is 1.89 bits per heavy atom. The number of aryl methyl sites for hydroxylation is 1. The number of carbonyl (C=O) groups is 3. The first-order valence-corrected chi connectivity index (χ1v) is 9.05. The molecule has 1 fully saturated rings. The van der Waals surface area contributed by atoms with Crippen LogP contribution < -0.4 is 16.8 Å². The molecule has 0 radical (unpaired) electrons. The van der Waals surface area contributed by atoms with Gasteiger partial charge >= 0.3 is 11.8 Å². The lowest BCUT2D eigenvalue weighted by molar-refractivity contribution is -0.147. The zero-order chi connectivity index (χ0) is 20.3. The van der Waals surface area contributed by atoms with Gasteiger partial charge in [-0.3, -0.25) is 14.4 Å². The van der Waals surface area contributed by atoms with Gasteiger partial charge in [-0.25, -0.2) is 4.98 Å². The predicted octanol–water partition coefficient (Wildman–Crippen LogP) is 1.38. The third-order valence-corrected chi connectivity index (χ3v) is 5.00. The van der Waals surface area contributed by atoms with Crippen LogP contribution >= 0.6 is 0 Å². The fourth-order valence-electron chi connectivity index (χ4n) is 3.42. The Morgan fingerprint density at radius 1 is 1.18 bits per heavy atom. The SMILES string of the molecule is Cc1cc(NC(=O)C(=O)N2CC(C(N)=O)CC[C@H]2c2ccccc2)cnc1N. The number of carbonyl (C=O) groups excluding carboxylic acids is 3. The quantitative estimate of drug-likeness (QED) is 0.691. The molecule has 1 aliphatic heterocycles. The highest BCUT2D eigenvalue weighted by Crippen LogP contribution is 2.33. The van der Waals surface area contributed by atoms with Gasteiger partial charge in [0.25, 0.3) is 0 Å². The molecule has 0 bridgehead atoms. The fourth-order valence-corrected chi connectivity index (χ4v) is 3.42. The van der Waals surface area contributed by atoms with Gasteiger partial charge in [0.2, 0.25) is 5.91 Å². The van der Waals surface area contributed by atoms with E-state index >= 15 is 0 Å². The van der Waals surface area contributed by atoms with E-state index in [-0.39, 0.29) is 12.6 Å². The molecule has 0 saturated carbocycles. The summed E-state index contributed by atoms with van der Waals surface area (Å²) < 4.78 is 0. The number of amides is 3. The van der Waals surface area contributed by atoms with Crippen molar-refractivity contribution in [3.05, 3.63) is 53.7 Å². The summed E-state index contributed by atoms with van der Waals surface area (Å²) in [6, 6.07) is 10.8. The predicted molar refractivity (Wildman–Crippen MR) is 105 cm³/mol. The lowest BCUT2D eigenvalue weighted by Crippen LogP contribution is -2.49. The lowest BCUT2D eigenvalue weighted by atomic mass is 9.88. The van der Waals surface area contributed by atoms with Gasteiger partial charge in [-0.2, -0.15) is 0 Å². The standard InChI is InChI=1S/C20H23N5O3/c1-12-9-15(10-23-17(12)21)24-19(27)20(28)25-11-14(18(22)26)7-8-16(25)13-5-3-2-4-6-13/h2-6,9-10,14,16H,7-8,11H2,1H3,(H2,21,23)(H2,22,26)(H,24,27)/t14?,16-/m0/s1. The van der Waals surface area contributed by atoms with Gasteiger partial charge in [0.05, 0.1) is 23.8 Å². The Bertz CT molecular complexity index is 900. The molecule has 28 heavy (non-hydrogen) atoms. The van der Waals surface area contributed by atoms with Crippen molar-refractivity contribution in [3.63, 3.8) is 0 Å². The maximum absolute atomic E-state index is 12.9. The number of piperidine rings is 1. The van der Waals surface area contributed by atoms with Crippen LogP contribution in [0.3, 0.4) is 0 Å². The molecule has 1 aliphatic rings. The van der Waals surface area contributed by atoms with Gasteiger partial charge in [-0.1, -0.05) is 30.3 Å². The van der Waals surface area contributed by atoms with Crippen molar-refractivity contribution < 1.29 is 14.4 Å². The number of likely N-dealkylation sites (tertiary alicyclic amines) is 1. The first kappa shape index (κ1) is 19.3. The highest BCUT2D eigenvalue weighted by Gasteiger charge is 2.37. The third kappa shape index (κ3) is 4.11. The molecule has 1 aromatic carbocycles. The van der Waals surface area contributed by atoms with Crippen molar-refractivity contribution in [2.45, 2.75) is 25.8 Å². The minimum Gasteiger partial charge on any atom is -0.383 e. The minimum absolute atomic E-state index is 0.111. The van der Waals surface area contributed by atoms with Crippen LogP contribution in [-0.2, 0) is 14.4 Å². The lowest BCUT2D eigenvalue weighted by Gasteiger charge is -2.38. The third-order valence-electron chi connectivity index (χ3n) is 5.00. The Kier molecular flexibility index (Phi) is 5.58. The maximum Gasteiger partial charge on any atom is 0.313 e. The number of nitrogens with one attached hydrogen (secondary N) is 1. The van der Waals surface area contributed by atoms with Crippen molar-refractivity contribution >= 4 is 29.2 Å². The topological polar surface area (TPSA) is 131 Å². The summed E-state index contributed by atoms with van der Waals surface area (Å²) in [6.45, 7) is 1.87. The molecule has 0 aliphatic carbocycles. The largest absolute Gasteiger partial charge is 0.383 e. The number of hydrogen-bond acceptors (Lipinski definition) is 5. The summed E-state index contributed by atoms with van der Waals surface area (Å²) in [5.74, 6) is -2.10. The Labute approximate surface area is 162 Å². The summed E-state index contributed by atoms with van der Waals surface area (Å²) in [6.07, 6.45) is 2.52. The van der Waals surface area contributed by atoms with Crippen LogP contribution in [0.25, 0.3) is 0 Å². The first-order valence-electron chi connectivity index (χ1n) is 9.05. The van der Waals surface area contributed by atoms with Crippen molar-refractivity contribution in [3.8, 4) is 0 Å². The number of primary amides is 1. The molecule has 3 amide bonds. The molecule has 1 aromatic heterocycles. The number of hydrogen-bond donors (Lipinski definition) is 3. The minimum atomic E-state index is -0.794. The number of nitrogen functional groups attached to an aromatic ring is 1. The molecule has 8 heteroatoms. The fraction of sp³-hybridized carbons (Fsp3) is 0.300. The molecule has 146 valence electrons. The van der Waals surface area contributed by atoms with Crippen LogP contribution in [0.1, 0.15) is 30.0 Å². The molecule has 1 saturated heterocycles. The van der Waals surface area contributed by atoms with Crippen LogP contribution in [0.15, 0.2) is 42.6 Å². The highest BCUT2D eigenvalue weighted by molar-refractivity contribution is 6.39. The molecule has 5 N–H and O–H groups in total. The zero-order valence-electron chi connectivity index (χ0n) is 15.6. The second kappa shape index (κ2) is 8.08. The first-order chi connectivity index (χ1) is 13.4. The van der Waals surface area contributed by atoms with E-state index in [1.165, 1.54) is 11.1 Å². The maximum atomic E-state index is 12.9. The Hall–Kier alpha value is -3.42. The number of aromatic nitrogens is 1. The molecule has 2 heterocycles. The van der Waals surface area contributed by atoms with Crippen molar-refractivity contribution in [2.24, 2.45) is 11.7 Å². The summed E-state index contributed by atoms with van der Waals surface area (Å²) >= 11 is 0. The summed E-state index contributed by atoms with van der Waals surface area (Å²) in [5.41, 5.74) is 13.1. The number of nitrogens with two attached hydrogens (primary N) is 2. The molecule has 3 rings (SSSR count). The zero-order valence-corrected chi connectivity index (χ0v) is 15.6. The van der Waals surface area contributed by atoms with Crippen LogP contribution in [0.5, 0.6) is 0 Å². The summed E-state index contributed by atoms with van der Waals surface area (Å²) in [7, 11) is 0. The second-order valence-electron chi connectivity index (χ2n) is 6.94. The summed E-state index contributed by atoms with van der Waals surface area (Å²) in [5, 5.41) is 2.56. The number of rotatable bonds is 3. The molecule has 0 spiro atoms. The van der Waals surface area contributed by atoms with Gasteiger partial charge in [0.15, 0.2) is 0 Å². The molecule has 8 nitrogen and oxygen atoms in total. The smallest absolute Gasteiger partial charge is 0.313 e. The number of nitrogens with zero attached hydrogens (tertiary/aromatic N) is 2. The van der Waals surface area contributed by atoms with Crippen molar-refractivity contribution in [2.75, 3.05) is 17.6 Å².